The first-order valence-electron chi connectivity index (χ1n) is 5.50. The minimum Gasteiger partial charge on any atom is -0.336 e. The smallest absolute Gasteiger partial charge is 0.278 e. The van der Waals surface area contributed by atoms with Crippen LogP contribution in [0.4, 0.5) is 13.2 Å². The normalized spacial score (nSPS) is 21.7. The third kappa shape index (κ3) is 2.43. The molecule has 17 heavy (non-hydrogen) atoms. The van der Waals surface area contributed by atoms with Crippen molar-refractivity contribution in [2.75, 3.05) is 13.1 Å². The third-order valence-electron chi connectivity index (χ3n) is 3.15. The fourth-order valence-electron chi connectivity index (χ4n) is 1.90. The molecule has 0 saturated carbocycles. The van der Waals surface area contributed by atoms with Crippen LogP contribution in [-0.2, 0) is 5.41 Å². The van der Waals surface area contributed by atoms with E-state index in [1.165, 1.54) is 0 Å². The Kier molecular flexibility index (Phi) is 3.37. The van der Waals surface area contributed by atoms with Crippen LogP contribution >= 0.6 is 0 Å². The second-order valence-corrected chi connectivity index (χ2v) is 4.50. The maximum Gasteiger partial charge on any atom is 0.278 e. The summed E-state index contributed by atoms with van der Waals surface area (Å²) in [6.45, 7) is 3.53. The zero-order chi connectivity index (χ0) is 12.5. The minimum absolute atomic E-state index is 0.317. The Morgan fingerprint density at radius 1 is 1.29 bits per heavy atom. The summed E-state index contributed by atoms with van der Waals surface area (Å²) < 4.78 is 41.9. The molecule has 1 aromatic heterocycles. The lowest BCUT2D eigenvalue weighted by Crippen LogP contribution is -2.38. The minimum atomic E-state index is -3.14. The number of piperidine rings is 1. The van der Waals surface area contributed by atoms with Gasteiger partial charge in [0.05, 0.1) is 0 Å². The second kappa shape index (κ2) is 4.64. The zero-order valence-electron chi connectivity index (χ0n) is 9.42. The van der Waals surface area contributed by atoms with Gasteiger partial charge in [0.1, 0.15) is 0 Å². The van der Waals surface area contributed by atoms with E-state index < -0.39 is 18.5 Å². The first-order chi connectivity index (χ1) is 8.03. The van der Waals surface area contributed by atoms with Crippen LogP contribution in [-0.4, -0.2) is 29.7 Å². The fraction of sp³-hybridized carbons (Fsp3) is 0.800. The van der Waals surface area contributed by atoms with Gasteiger partial charge in [0.2, 0.25) is 6.17 Å². The summed E-state index contributed by atoms with van der Waals surface area (Å²) in [5.74, 6) is -0.313. The number of alkyl halides is 3. The van der Waals surface area contributed by atoms with E-state index in [4.69, 9.17) is 0 Å². The Hall–Kier alpha value is -1.11. The van der Waals surface area contributed by atoms with Crippen LogP contribution in [0.15, 0.2) is 4.52 Å². The number of aromatic nitrogens is 2. The van der Waals surface area contributed by atoms with E-state index in [2.05, 4.69) is 20.0 Å². The highest BCUT2D eigenvalue weighted by Crippen LogP contribution is 2.32. The molecule has 0 amide bonds. The van der Waals surface area contributed by atoms with Crippen LogP contribution in [0.1, 0.15) is 37.7 Å². The maximum absolute atomic E-state index is 13.0. The molecule has 0 radical (unpaired) electrons. The standard InChI is InChI=1S/C10H14F3N3O/c1-10(2-4-14-5-3-10)9-15-8(17-16-9)6(11)7(12)13/h6-7,14H,2-5H2,1H3. The Morgan fingerprint density at radius 3 is 2.53 bits per heavy atom. The van der Waals surface area contributed by atoms with Crippen molar-refractivity contribution in [1.29, 1.82) is 0 Å². The van der Waals surface area contributed by atoms with Gasteiger partial charge in [-0.05, 0) is 25.9 Å². The van der Waals surface area contributed by atoms with Crippen LogP contribution in [0.3, 0.4) is 0 Å². The Labute approximate surface area is 96.6 Å². The number of nitrogens with one attached hydrogen (secondary N) is 1. The summed E-state index contributed by atoms with van der Waals surface area (Å²) in [6.07, 6.45) is -4.08. The predicted molar refractivity (Wildman–Crippen MR) is 53.6 cm³/mol. The molecule has 0 aromatic carbocycles. The molecule has 1 saturated heterocycles. The molecule has 96 valence electrons. The van der Waals surface area contributed by atoms with Crippen molar-refractivity contribution in [3.8, 4) is 0 Å². The van der Waals surface area contributed by atoms with Gasteiger partial charge in [-0.15, -0.1) is 0 Å². The lowest BCUT2D eigenvalue weighted by Gasteiger charge is -2.30. The molecular formula is C10H14F3N3O. The molecule has 2 heterocycles. The van der Waals surface area contributed by atoms with Crippen molar-refractivity contribution < 1.29 is 17.7 Å². The van der Waals surface area contributed by atoms with Gasteiger partial charge < -0.3 is 9.84 Å². The maximum atomic E-state index is 13.0. The van der Waals surface area contributed by atoms with Crippen molar-refractivity contribution in [1.82, 2.24) is 15.5 Å². The highest BCUT2D eigenvalue weighted by Gasteiger charge is 2.36. The Bertz CT molecular complexity index is 377. The third-order valence-corrected chi connectivity index (χ3v) is 3.15. The van der Waals surface area contributed by atoms with Gasteiger partial charge >= 0.3 is 0 Å². The fourth-order valence-corrected chi connectivity index (χ4v) is 1.90. The summed E-state index contributed by atoms with van der Waals surface area (Å²) >= 11 is 0. The molecule has 1 aromatic rings. The van der Waals surface area contributed by atoms with E-state index in [1.807, 2.05) is 6.92 Å². The molecule has 1 N–H and O–H groups in total. The molecule has 7 heteroatoms. The highest BCUT2D eigenvalue weighted by atomic mass is 19.3. The van der Waals surface area contributed by atoms with Crippen LogP contribution in [0, 0.1) is 0 Å². The molecule has 2 rings (SSSR count). The van der Waals surface area contributed by atoms with Crippen LogP contribution in [0.25, 0.3) is 0 Å². The molecule has 1 unspecified atom stereocenters. The predicted octanol–water partition coefficient (Wildman–Crippen LogP) is 1.99. The monoisotopic (exact) mass is 249 g/mol. The van der Waals surface area contributed by atoms with Crippen molar-refractivity contribution in [3.63, 3.8) is 0 Å². The van der Waals surface area contributed by atoms with Crippen LogP contribution < -0.4 is 5.32 Å². The Morgan fingerprint density at radius 2 is 1.94 bits per heavy atom. The number of hydrogen-bond acceptors (Lipinski definition) is 4. The highest BCUT2D eigenvalue weighted by molar-refractivity contribution is 5.07. The summed E-state index contributed by atoms with van der Waals surface area (Å²) in [6, 6.07) is 0. The summed E-state index contributed by atoms with van der Waals surface area (Å²) in [4.78, 5) is 3.77. The summed E-state index contributed by atoms with van der Waals surface area (Å²) in [7, 11) is 0. The molecular weight excluding hydrogens is 235 g/mol. The quantitative estimate of drug-likeness (QED) is 0.890. The molecule has 1 aliphatic rings. The molecule has 0 bridgehead atoms. The number of halogens is 3. The Balaban J connectivity index is 2.17. The molecule has 0 spiro atoms. The van der Waals surface area contributed by atoms with E-state index in [-0.39, 0.29) is 5.41 Å². The van der Waals surface area contributed by atoms with Crippen LogP contribution in [0.5, 0.6) is 0 Å². The molecule has 0 aliphatic carbocycles. The van der Waals surface area contributed by atoms with Crippen molar-refractivity contribution in [3.05, 3.63) is 11.7 Å². The lowest BCUT2D eigenvalue weighted by atomic mass is 9.80. The topological polar surface area (TPSA) is 51.0 Å². The average Bonchev–Trinajstić information content (AvgIpc) is 2.78. The molecule has 1 aliphatic heterocycles. The second-order valence-electron chi connectivity index (χ2n) is 4.50. The van der Waals surface area contributed by atoms with Crippen molar-refractivity contribution in [2.45, 2.75) is 37.8 Å². The van der Waals surface area contributed by atoms with E-state index in [0.29, 0.717) is 5.82 Å². The summed E-state index contributed by atoms with van der Waals surface area (Å²) in [5, 5.41) is 6.81. The van der Waals surface area contributed by atoms with E-state index >= 15 is 0 Å². The molecule has 1 fully saturated rings. The van der Waals surface area contributed by atoms with Gasteiger partial charge in [0, 0.05) is 5.41 Å². The van der Waals surface area contributed by atoms with E-state index in [9.17, 15) is 13.2 Å². The zero-order valence-corrected chi connectivity index (χ0v) is 9.42. The molecule has 1 atom stereocenters. The first kappa shape index (κ1) is 12.3. The van der Waals surface area contributed by atoms with Crippen LogP contribution in [0.2, 0.25) is 0 Å². The van der Waals surface area contributed by atoms with E-state index in [1.54, 1.807) is 0 Å². The van der Waals surface area contributed by atoms with Crippen molar-refractivity contribution >= 4 is 0 Å². The average molecular weight is 249 g/mol. The molecule has 4 nitrogen and oxygen atoms in total. The van der Waals surface area contributed by atoms with Gasteiger partial charge in [0.25, 0.3) is 12.3 Å². The van der Waals surface area contributed by atoms with E-state index in [0.717, 1.165) is 25.9 Å². The van der Waals surface area contributed by atoms with Crippen molar-refractivity contribution in [2.24, 2.45) is 0 Å². The van der Waals surface area contributed by atoms with Gasteiger partial charge in [-0.2, -0.15) is 4.98 Å². The van der Waals surface area contributed by atoms with Gasteiger partial charge in [-0.25, -0.2) is 13.2 Å². The van der Waals surface area contributed by atoms with Gasteiger partial charge in [0.15, 0.2) is 5.82 Å². The number of rotatable bonds is 3. The number of nitrogens with zero attached hydrogens (tertiary/aromatic N) is 2. The number of hydrogen-bond donors (Lipinski definition) is 1. The van der Waals surface area contributed by atoms with Gasteiger partial charge in [-0.1, -0.05) is 12.1 Å². The summed E-state index contributed by atoms with van der Waals surface area (Å²) in [5.41, 5.74) is -0.325. The van der Waals surface area contributed by atoms with Gasteiger partial charge in [-0.3, -0.25) is 0 Å². The lowest BCUT2D eigenvalue weighted by molar-refractivity contribution is 0.0314. The largest absolute Gasteiger partial charge is 0.336 e. The first-order valence-corrected chi connectivity index (χ1v) is 5.50. The SMILES string of the molecule is CC1(c2noc(C(F)C(F)F)n2)CCNCC1.